The summed E-state index contributed by atoms with van der Waals surface area (Å²) in [4.78, 5) is 0. The lowest BCUT2D eigenvalue weighted by Crippen LogP contribution is -1.91. The molecule has 0 aliphatic heterocycles. The maximum atomic E-state index is 9.22. The fraction of sp³-hybridized carbons (Fsp3) is 0. The molecule has 8 aromatic rings. The Morgan fingerprint density at radius 3 is 1.91 bits per heavy atom. The standard InChI is InChI=1S/C34H20/c1-3-10-27-21(6-1)12-15-26-20-25-7-2-4-11-28(25)34(33(26)27)30-19-17-24-14-13-22-8-5-9-23-16-18-29(30)32(24)31(22)23/h1-20H/i1D,2D,3D,4D,6D,7D,10D,11D,12D,15D,20D. The van der Waals surface area contributed by atoms with Crippen molar-refractivity contribution in [1.82, 2.24) is 0 Å². The molecule has 0 bridgehead atoms. The van der Waals surface area contributed by atoms with Gasteiger partial charge < -0.3 is 0 Å². The molecule has 0 radical (unpaired) electrons. The molecule has 0 saturated carbocycles. The first kappa shape index (κ1) is 10.7. The Labute approximate surface area is 212 Å². The van der Waals surface area contributed by atoms with E-state index in [0.717, 1.165) is 32.3 Å². The van der Waals surface area contributed by atoms with Gasteiger partial charge in [0.15, 0.2) is 0 Å². The summed E-state index contributed by atoms with van der Waals surface area (Å²) in [6, 6.07) is 12.3. The molecule has 0 heterocycles. The van der Waals surface area contributed by atoms with Crippen LogP contribution >= 0.6 is 0 Å². The molecule has 0 unspecified atom stereocenters. The number of benzene rings is 8. The Morgan fingerprint density at radius 1 is 0.412 bits per heavy atom. The van der Waals surface area contributed by atoms with Crippen molar-refractivity contribution in [1.29, 1.82) is 0 Å². The van der Waals surface area contributed by atoms with Gasteiger partial charge in [-0.25, -0.2) is 0 Å². The fourth-order valence-electron chi connectivity index (χ4n) is 5.32. The smallest absolute Gasteiger partial charge is 0.0616 e. The van der Waals surface area contributed by atoms with Crippen LogP contribution in [0, 0.1) is 0 Å². The van der Waals surface area contributed by atoms with Crippen LogP contribution < -0.4 is 0 Å². The zero-order valence-corrected chi connectivity index (χ0v) is 17.7. The summed E-state index contributed by atoms with van der Waals surface area (Å²) >= 11 is 0. The van der Waals surface area contributed by atoms with Crippen molar-refractivity contribution in [2.45, 2.75) is 0 Å². The number of hydrogen-bond donors (Lipinski definition) is 0. The van der Waals surface area contributed by atoms with Crippen molar-refractivity contribution in [2.24, 2.45) is 0 Å². The van der Waals surface area contributed by atoms with Gasteiger partial charge in [-0.15, -0.1) is 0 Å². The lowest BCUT2D eigenvalue weighted by atomic mass is 9.85. The molecular formula is C34H20. The highest BCUT2D eigenvalue weighted by atomic mass is 14.2. The van der Waals surface area contributed by atoms with E-state index in [1.54, 1.807) is 0 Å². The molecule has 0 fully saturated rings. The van der Waals surface area contributed by atoms with Gasteiger partial charge in [0.05, 0.1) is 15.1 Å². The van der Waals surface area contributed by atoms with Gasteiger partial charge >= 0.3 is 0 Å². The van der Waals surface area contributed by atoms with Gasteiger partial charge in [0.2, 0.25) is 0 Å². The van der Waals surface area contributed by atoms with Crippen molar-refractivity contribution in [3.8, 4) is 11.1 Å². The van der Waals surface area contributed by atoms with Crippen LogP contribution in [0.25, 0.3) is 75.8 Å². The Hall–Kier alpha value is -4.42. The van der Waals surface area contributed by atoms with Crippen LogP contribution in [0.3, 0.4) is 0 Å². The third-order valence-electron chi connectivity index (χ3n) is 6.74. The molecule has 0 aliphatic carbocycles. The minimum Gasteiger partial charge on any atom is -0.0616 e. The zero-order valence-electron chi connectivity index (χ0n) is 28.7. The summed E-state index contributed by atoms with van der Waals surface area (Å²) in [5.74, 6) is 0. The van der Waals surface area contributed by atoms with Gasteiger partial charge in [-0.05, 0) is 81.8 Å². The summed E-state index contributed by atoms with van der Waals surface area (Å²) in [5, 5.41) is 5.20. The molecule has 8 rings (SSSR count). The molecule has 0 aliphatic rings. The molecule has 8 aromatic carbocycles. The summed E-state index contributed by atoms with van der Waals surface area (Å²) in [5.41, 5.74) is 0.746. The predicted octanol–water partition coefficient (Wildman–Crippen LogP) is 9.71. The molecular weight excluding hydrogens is 408 g/mol. The van der Waals surface area contributed by atoms with Gasteiger partial charge in [-0.1, -0.05) is 115 Å². The van der Waals surface area contributed by atoms with Crippen molar-refractivity contribution in [3.63, 3.8) is 0 Å². The molecule has 0 amide bonds. The van der Waals surface area contributed by atoms with Gasteiger partial charge in [0, 0.05) is 0 Å². The first-order chi connectivity index (χ1) is 21.5. The monoisotopic (exact) mass is 439 g/mol. The summed E-state index contributed by atoms with van der Waals surface area (Å²) in [6.45, 7) is 0. The topological polar surface area (TPSA) is 0 Å². The summed E-state index contributed by atoms with van der Waals surface area (Å²) in [7, 11) is 0. The lowest BCUT2D eigenvalue weighted by Gasteiger charge is -2.18. The second kappa shape index (κ2) is 6.56. The average Bonchev–Trinajstić information content (AvgIpc) is 3.04. The van der Waals surface area contributed by atoms with E-state index >= 15 is 0 Å². The molecule has 0 aromatic heterocycles. The molecule has 0 heteroatoms. The van der Waals surface area contributed by atoms with Crippen LogP contribution in [0.5, 0.6) is 0 Å². The summed E-state index contributed by atoms with van der Waals surface area (Å²) < 4.78 is 96.4. The minimum absolute atomic E-state index is 0.0133. The van der Waals surface area contributed by atoms with Crippen molar-refractivity contribution < 1.29 is 15.1 Å². The molecule has 156 valence electrons. The molecule has 0 spiro atoms. The van der Waals surface area contributed by atoms with Gasteiger partial charge in [0.1, 0.15) is 0 Å². The first-order valence-electron chi connectivity index (χ1n) is 16.5. The predicted molar refractivity (Wildman–Crippen MR) is 148 cm³/mol. The maximum absolute atomic E-state index is 9.22. The van der Waals surface area contributed by atoms with Crippen molar-refractivity contribution >= 4 is 64.6 Å². The minimum atomic E-state index is -0.558. The first-order valence-corrected chi connectivity index (χ1v) is 11.0. The van der Waals surface area contributed by atoms with Crippen molar-refractivity contribution in [2.75, 3.05) is 0 Å². The molecule has 34 heavy (non-hydrogen) atoms. The number of rotatable bonds is 1. The van der Waals surface area contributed by atoms with E-state index in [2.05, 4.69) is 0 Å². The Balaban J connectivity index is 1.78. The highest BCUT2D eigenvalue weighted by molar-refractivity contribution is 6.29. The SMILES string of the molecule is [2H]c1c([2H])c([2H])c2c(-c3ccc4ccc5cccc6ccc3c4c56)c3c(c([2H])c([2H])c4c([2H])c([2H])c([2H])c([2H])c43)c([2H])c2c1[2H]. The Kier molecular flexibility index (Phi) is 2.06. The van der Waals surface area contributed by atoms with Crippen LogP contribution in [-0.2, 0) is 0 Å². The Bertz CT molecular complexity index is 2640. The highest BCUT2D eigenvalue weighted by Crippen LogP contribution is 2.45. The third-order valence-corrected chi connectivity index (χ3v) is 6.74. The quantitative estimate of drug-likeness (QED) is 0.176. The normalized spacial score (nSPS) is 16.6. The van der Waals surface area contributed by atoms with E-state index in [1.165, 1.54) is 0 Å². The van der Waals surface area contributed by atoms with E-state index in [1.807, 2.05) is 54.6 Å². The van der Waals surface area contributed by atoms with Gasteiger partial charge in [-0.3, -0.25) is 0 Å². The zero-order chi connectivity index (χ0) is 31.8. The van der Waals surface area contributed by atoms with Crippen molar-refractivity contribution in [3.05, 3.63) is 121 Å². The van der Waals surface area contributed by atoms with E-state index in [-0.39, 0.29) is 37.9 Å². The second-order valence-corrected chi connectivity index (χ2v) is 8.47. The number of hydrogen-bond acceptors (Lipinski definition) is 0. The molecule has 0 nitrogen and oxygen atoms in total. The van der Waals surface area contributed by atoms with E-state index in [0.29, 0.717) is 5.56 Å². The summed E-state index contributed by atoms with van der Waals surface area (Å²) in [6.07, 6.45) is 0. The molecule has 0 atom stereocenters. The van der Waals surface area contributed by atoms with Crippen LogP contribution in [0.4, 0.5) is 0 Å². The van der Waals surface area contributed by atoms with Crippen LogP contribution in [-0.4, -0.2) is 0 Å². The van der Waals surface area contributed by atoms with Gasteiger partial charge in [0.25, 0.3) is 0 Å². The Morgan fingerprint density at radius 2 is 1.06 bits per heavy atom. The van der Waals surface area contributed by atoms with Crippen LogP contribution in [0.2, 0.25) is 0 Å². The maximum Gasteiger partial charge on any atom is 0.0636 e. The average molecular weight is 440 g/mol. The fourth-order valence-corrected chi connectivity index (χ4v) is 5.32. The highest BCUT2D eigenvalue weighted by Gasteiger charge is 2.17. The molecule has 0 saturated heterocycles. The third kappa shape index (κ3) is 2.32. The van der Waals surface area contributed by atoms with Crippen LogP contribution in [0.1, 0.15) is 15.1 Å². The van der Waals surface area contributed by atoms with E-state index in [9.17, 15) is 1.37 Å². The van der Waals surface area contributed by atoms with E-state index < -0.39 is 66.5 Å². The molecule has 0 N–H and O–H groups in total. The lowest BCUT2D eigenvalue weighted by molar-refractivity contribution is 1.73. The number of fused-ring (bicyclic) bond motifs is 4. The van der Waals surface area contributed by atoms with Crippen LogP contribution in [0.15, 0.2) is 121 Å². The van der Waals surface area contributed by atoms with Gasteiger partial charge in [-0.2, -0.15) is 0 Å². The van der Waals surface area contributed by atoms with E-state index in [4.69, 9.17) is 13.7 Å². The largest absolute Gasteiger partial charge is 0.0636 e. The second-order valence-electron chi connectivity index (χ2n) is 8.47.